The second-order valence-corrected chi connectivity index (χ2v) is 5.05. The first-order chi connectivity index (χ1) is 9.17. The van der Waals surface area contributed by atoms with Gasteiger partial charge in [0.05, 0.1) is 7.11 Å². The summed E-state index contributed by atoms with van der Waals surface area (Å²) in [6, 6.07) is 3.76. The number of ether oxygens (including phenoxy) is 1. The number of carbonyl (C=O) groups excluding carboxylic acids is 1. The molecular weight excluding hydrogens is 264 g/mol. The molecule has 0 aliphatic heterocycles. The first-order valence-corrected chi connectivity index (χ1v) is 6.83. The SMILES string of the molecule is CCC(N)C(c1cccs1)n1cnc(C(=O)OC)n1. The van der Waals surface area contributed by atoms with E-state index < -0.39 is 5.97 Å². The molecule has 0 amide bonds. The van der Waals surface area contributed by atoms with Crippen LogP contribution >= 0.6 is 11.3 Å². The number of esters is 1. The fraction of sp³-hybridized carbons (Fsp3) is 0.417. The maximum absolute atomic E-state index is 11.4. The number of hydrogen-bond donors (Lipinski definition) is 1. The zero-order valence-corrected chi connectivity index (χ0v) is 11.6. The van der Waals surface area contributed by atoms with Crippen molar-refractivity contribution in [3.8, 4) is 0 Å². The van der Waals surface area contributed by atoms with Crippen LogP contribution in [-0.4, -0.2) is 33.9 Å². The van der Waals surface area contributed by atoms with Gasteiger partial charge >= 0.3 is 5.97 Å². The molecule has 102 valence electrons. The van der Waals surface area contributed by atoms with Gasteiger partial charge in [-0.1, -0.05) is 13.0 Å². The van der Waals surface area contributed by atoms with E-state index in [1.54, 1.807) is 16.0 Å². The van der Waals surface area contributed by atoms with Crippen LogP contribution in [0.5, 0.6) is 0 Å². The lowest BCUT2D eigenvalue weighted by molar-refractivity contribution is 0.0586. The highest BCUT2D eigenvalue weighted by Crippen LogP contribution is 2.26. The summed E-state index contributed by atoms with van der Waals surface area (Å²) in [6.07, 6.45) is 2.32. The summed E-state index contributed by atoms with van der Waals surface area (Å²) in [6.45, 7) is 2.02. The fourth-order valence-corrected chi connectivity index (χ4v) is 2.71. The molecule has 0 bridgehead atoms. The molecule has 0 aliphatic carbocycles. The van der Waals surface area contributed by atoms with Gasteiger partial charge in [-0.3, -0.25) is 0 Å². The van der Waals surface area contributed by atoms with Gasteiger partial charge in [-0.15, -0.1) is 16.4 Å². The van der Waals surface area contributed by atoms with E-state index in [2.05, 4.69) is 14.8 Å². The molecule has 2 unspecified atom stereocenters. The van der Waals surface area contributed by atoms with E-state index in [0.29, 0.717) is 0 Å². The molecule has 0 aliphatic rings. The number of methoxy groups -OCH3 is 1. The Morgan fingerprint density at radius 2 is 2.42 bits per heavy atom. The van der Waals surface area contributed by atoms with Crippen LogP contribution < -0.4 is 5.73 Å². The van der Waals surface area contributed by atoms with E-state index in [0.717, 1.165) is 11.3 Å². The zero-order valence-electron chi connectivity index (χ0n) is 10.8. The van der Waals surface area contributed by atoms with Crippen LogP contribution in [0.1, 0.15) is 34.9 Å². The van der Waals surface area contributed by atoms with E-state index in [-0.39, 0.29) is 17.9 Å². The van der Waals surface area contributed by atoms with Crippen LogP contribution in [0.3, 0.4) is 0 Å². The summed E-state index contributed by atoms with van der Waals surface area (Å²) in [7, 11) is 1.30. The molecule has 0 spiro atoms. The highest BCUT2D eigenvalue weighted by Gasteiger charge is 2.24. The molecule has 19 heavy (non-hydrogen) atoms. The molecule has 2 atom stereocenters. The Hall–Kier alpha value is -1.73. The van der Waals surface area contributed by atoms with Crippen molar-refractivity contribution < 1.29 is 9.53 Å². The highest BCUT2D eigenvalue weighted by molar-refractivity contribution is 7.10. The number of carbonyl (C=O) groups is 1. The maximum atomic E-state index is 11.4. The van der Waals surface area contributed by atoms with E-state index >= 15 is 0 Å². The molecule has 0 aromatic carbocycles. The van der Waals surface area contributed by atoms with Crippen molar-refractivity contribution in [1.82, 2.24) is 14.8 Å². The van der Waals surface area contributed by atoms with Crippen LogP contribution in [0, 0.1) is 0 Å². The summed E-state index contributed by atoms with van der Waals surface area (Å²) in [5, 5.41) is 6.15. The quantitative estimate of drug-likeness (QED) is 0.838. The van der Waals surface area contributed by atoms with Crippen LogP contribution in [0.15, 0.2) is 23.8 Å². The number of aromatic nitrogens is 3. The Kier molecular flexibility index (Phi) is 4.28. The molecule has 6 nitrogen and oxygen atoms in total. The molecule has 0 saturated carbocycles. The normalized spacial score (nSPS) is 14.1. The molecule has 0 radical (unpaired) electrons. The Balaban J connectivity index is 2.34. The fourth-order valence-electron chi connectivity index (χ4n) is 1.81. The van der Waals surface area contributed by atoms with E-state index in [1.165, 1.54) is 13.4 Å². The van der Waals surface area contributed by atoms with Crippen molar-refractivity contribution in [2.45, 2.75) is 25.4 Å². The second kappa shape index (κ2) is 5.94. The van der Waals surface area contributed by atoms with Gasteiger partial charge in [-0.2, -0.15) is 0 Å². The lowest BCUT2D eigenvalue weighted by Crippen LogP contribution is -2.32. The molecule has 0 fully saturated rings. The topological polar surface area (TPSA) is 83.0 Å². The largest absolute Gasteiger partial charge is 0.463 e. The van der Waals surface area contributed by atoms with Gasteiger partial charge in [-0.05, 0) is 17.9 Å². The van der Waals surface area contributed by atoms with Crippen LogP contribution in [-0.2, 0) is 4.74 Å². The van der Waals surface area contributed by atoms with E-state index in [4.69, 9.17) is 5.73 Å². The van der Waals surface area contributed by atoms with Crippen molar-refractivity contribution in [2.75, 3.05) is 7.11 Å². The summed E-state index contributed by atoms with van der Waals surface area (Å²) in [5.41, 5.74) is 6.16. The third-order valence-electron chi connectivity index (χ3n) is 2.87. The predicted molar refractivity (Wildman–Crippen MR) is 72.1 cm³/mol. The van der Waals surface area contributed by atoms with Crippen molar-refractivity contribution in [3.63, 3.8) is 0 Å². The van der Waals surface area contributed by atoms with Crippen molar-refractivity contribution in [1.29, 1.82) is 0 Å². The summed E-state index contributed by atoms with van der Waals surface area (Å²) in [5.74, 6) is -0.499. The van der Waals surface area contributed by atoms with Gasteiger partial charge < -0.3 is 10.5 Å². The lowest BCUT2D eigenvalue weighted by atomic mass is 10.1. The first kappa shape index (κ1) is 13.7. The molecule has 0 saturated heterocycles. The van der Waals surface area contributed by atoms with Crippen LogP contribution in [0.2, 0.25) is 0 Å². The summed E-state index contributed by atoms with van der Waals surface area (Å²) in [4.78, 5) is 16.4. The Morgan fingerprint density at radius 1 is 1.63 bits per heavy atom. The second-order valence-electron chi connectivity index (χ2n) is 4.07. The van der Waals surface area contributed by atoms with Gasteiger partial charge in [-0.25, -0.2) is 14.5 Å². The third kappa shape index (κ3) is 2.82. The van der Waals surface area contributed by atoms with Crippen molar-refractivity contribution in [3.05, 3.63) is 34.5 Å². The molecule has 2 rings (SSSR count). The number of nitrogens with zero attached hydrogens (tertiary/aromatic N) is 3. The number of rotatable bonds is 5. The zero-order chi connectivity index (χ0) is 13.8. The van der Waals surface area contributed by atoms with Gasteiger partial charge in [0.15, 0.2) is 0 Å². The Morgan fingerprint density at radius 3 is 3.00 bits per heavy atom. The first-order valence-electron chi connectivity index (χ1n) is 5.95. The smallest absolute Gasteiger partial charge is 0.377 e. The Labute approximate surface area is 115 Å². The standard InChI is InChI=1S/C12H16N4O2S/c1-3-8(13)10(9-5-4-6-19-9)16-7-14-11(15-16)12(17)18-2/h4-8,10H,3,13H2,1-2H3. The maximum Gasteiger partial charge on any atom is 0.377 e. The molecular formula is C12H16N4O2S. The van der Waals surface area contributed by atoms with Gasteiger partial charge in [0, 0.05) is 10.9 Å². The summed E-state index contributed by atoms with van der Waals surface area (Å²) >= 11 is 1.61. The minimum absolute atomic E-state index is 0.0485. The molecule has 7 heteroatoms. The summed E-state index contributed by atoms with van der Waals surface area (Å²) < 4.78 is 6.23. The molecule has 2 N–H and O–H groups in total. The Bertz CT molecular complexity index is 538. The minimum Gasteiger partial charge on any atom is -0.463 e. The predicted octanol–water partition coefficient (Wildman–Crippen LogP) is 1.45. The van der Waals surface area contributed by atoms with Crippen LogP contribution in [0.4, 0.5) is 0 Å². The van der Waals surface area contributed by atoms with Gasteiger partial charge in [0.2, 0.25) is 0 Å². The molecule has 2 aromatic heterocycles. The van der Waals surface area contributed by atoms with Gasteiger partial charge in [0.25, 0.3) is 5.82 Å². The van der Waals surface area contributed by atoms with Crippen molar-refractivity contribution in [2.24, 2.45) is 5.73 Å². The average molecular weight is 280 g/mol. The third-order valence-corrected chi connectivity index (χ3v) is 3.82. The number of thiophene rings is 1. The van der Waals surface area contributed by atoms with Gasteiger partial charge in [0.1, 0.15) is 12.4 Å². The van der Waals surface area contributed by atoms with E-state index in [9.17, 15) is 4.79 Å². The number of nitrogens with two attached hydrogens (primary N) is 1. The molecule has 2 heterocycles. The van der Waals surface area contributed by atoms with Crippen molar-refractivity contribution >= 4 is 17.3 Å². The average Bonchev–Trinajstić information content (AvgIpc) is 3.09. The monoisotopic (exact) mass is 280 g/mol. The highest BCUT2D eigenvalue weighted by atomic mass is 32.1. The lowest BCUT2D eigenvalue weighted by Gasteiger charge is -2.21. The number of hydrogen-bond acceptors (Lipinski definition) is 6. The minimum atomic E-state index is -0.547. The molecule has 2 aromatic rings. The van der Waals surface area contributed by atoms with E-state index in [1.807, 2.05) is 24.4 Å². The van der Waals surface area contributed by atoms with Crippen LogP contribution in [0.25, 0.3) is 0 Å².